The van der Waals surface area contributed by atoms with Crippen LogP contribution in [0.1, 0.15) is 12.5 Å². The van der Waals surface area contributed by atoms with Crippen LogP contribution in [-0.2, 0) is 11.2 Å². The van der Waals surface area contributed by atoms with Gasteiger partial charge >= 0.3 is 5.97 Å². The second kappa shape index (κ2) is 5.23. The SMILES string of the molecule is C=CC(C)(Cc1cc(Cl)ccc1OC)C(=O)O. The van der Waals surface area contributed by atoms with E-state index in [2.05, 4.69) is 6.58 Å². The molecule has 0 amide bonds. The minimum absolute atomic E-state index is 0.287. The van der Waals surface area contributed by atoms with E-state index in [1.165, 1.54) is 6.08 Å². The molecule has 3 nitrogen and oxygen atoms in total. The predicted molar refractivity (Wildman–Crippen MR) is 67.6 cm³/mol. The molecule has 92 valence electrons. The fraction of sp³-hybridized carbons (Fsp3) is 0.308. The Morgan fingerprint density at radius 2 is 2.29 bits per heavy atom. The van der Waals surface area contributed by atoms with Gasteiger partial charge in [0.05, 0.1) is 12.5 Å². The van der Waals surface area contributed by atoms with Gasteiger partial charge in [0, 0.05) is 5.02 Å². The largest absolute Gasteiger partial charge is 0.496 e. The van der Waals surface area contributed by atoms with Crippen molar-refractivity contribution in [3.05, 3.63) is 41.4 Å². The molecule has 0 fully saturated rings. The van der Waals surface area contributed by atoms with E-state index in [0.717, 1.165) is 5.56 Å². The first-order valence-corrected chi connectivity index (χ1v) is 5.50. The summed E-state index contributed by atoms with van der Waals surface area (Å²) < 4.78 is 5.18. The third kappa shape index (κ3) is 3.01. The summed E-state index contributed by atoms with van der Waals surface area (Å²) >= 11 is 5.90. The molecular weight excluding hydrogens is 240 g/mol. The molecule has 0 aromatic heterocycles. The van der Waals surface area contributed by atoms with Crippen LogP contribution < -0.4 is 4.74 Å². The van der Waals surface area contributed by atoms with E-state index in [-0.39, 0.29) is 6.42 Å². The fourth-order valence-corrected chi connectivity index (χ4v) is 1.71. The molecule has 0 saturated heterocycles. The van der Waals surface area contributed by atoms with Crippen molar-refractivity contribution < 1.29 is 14.6 Å². The molecule has 17 heavy (non-hydrogen) atoms. The molecular formula is C13H15ClO3. The number of carbonyl (C=O) groups is 1. The number of carboxylic acid groups (broad SMARTS) is 1. The van der Waals surface area contributed by atoms with E-state index >= 15 is 0 Å². The van der Waals surface area contributed by atoms with E-state index in [1.54, 1.807) is 32.2 Å². The molecule has 0 bridgehead atoms. The number of hydrogen-bond donors (Lipinski definition) is 1. The average Bonchev–Trinajstić information content (AvgIpc) is 2.29. The number of rotatable bonds is 5. The monoisotopic (exact) mass is 254 g/mol. The molecule has 4 heteroatoms. The van der Waals surface area contributed by atoms with Crippen LogP contribution in [0, 0.1) is 5.41 Å². The highest BCUT2D eigenvalue weighted by Gasteiger charge is 2.30. The van der Waals surface area contributed by atoms with Crippen LogP contribution in [0.15, 0.2) is 30.9 Å². The number of halogens is 1. The molecule has 1 aromatic carbocycles. The summed E-state index contributed by atoms with van der Waals surface area (Å²) in [6.45, 7) is 5.19. The molecule has 1 atom stereocenters. The molecule has 0 aliphatic rings. The van der Waals surface area contributed by atoms with Crippen LogP contribution in [0.3, 0.4) is 0 Å². The van der Waals surface area contributed by atoms with Crippen LogP contribution in [0.4, 0.5) is 0 Å². The highest BCUT2D eigenvalue weighted by atomic mass is 35.5. The van der Waals surface area contributed by atoms with Gasteiger partial charge in [-0.15, -0.1) is 6.58 Å². The van der Waals surface area contributed by atoms with Gasteiger partial charge < -0.3 is 9.84 Å². The Labute approximate surface area is 106 Å². The van der Waals surface area contributed by atoms with E-state index < -0.39 is 11.4 Å². The molecule has 0 heterocycles. The molecule has 1 rings (SSSR count). The highest BCUT2D eigenvalue weighted by molar-refractivity contribution is 6.30. The van der Waals surface area contributed by atoms with Gasteiger partial charge in [-0.2, -0.15) is 0 Å². The molecule has 0 spiro atoms. The van der Waals surface area contributed by atoms with Gasteiger partial charge in [0.15, 0.2) is 0 Å². The Kier molecular flexibility index (Phi) is 4.18. The summed E-state index contributed by atoms with van der Waals surface area (Å²) in [6.07, 6.45) is 1.71. The Morgan fingerprint density at radius 1 is 1.65 bits per heavy atom. The normalized spacial score (nSPS) is 13.8. The minimum Gasteiger partial charge on any atom is -0.496 e. The Bertz CT molecular complexity index is 442. The zero-order valence-corrected chi connectivity index (χ0v) is 10.6. The Hall–Kier alpha value is -1.48. The fourth-order valence-electron chi connectivity index (χ4n) is 1.52. The molecule has 0 saturated carbocycles. The van der Waals surface area contributed by atoms with E-state index in [0.29, 0.717) is 10.8 Å². The number of methoxy groups -OCH3 is 1. The summed E-state index contributed by atoms with van der Waals surface area (Å²) in [5.41, 5.74) is -0.275. The maximum absolute atomic E-state index is 11.2. The van der Waals surface area contributed by atoms with Gasteiger partial charge in [-0.05, 0) is 37.1 Å². The standard InChI is InChI=1S/C13H15ClO3/c1-4-13(2,12(15)16)8-9-7-10(14)5-6-11(9)17-3/h4-7H,1,8H2,2-3H3,(H,15,16). The molecule has 1 unspecified atom stereocenters. The van der Waals surface area contributed by atoms with Crippen molar-refractivity contribution in [2.75, 3.05) is 7.11 Å². The van der Waals surface area contributed by atoms with Crippen molar-refractivity contribution in [3.8, 4) is 5.75 Å². The first-order chi connectivity index (χ1) is 7.92. The first-order valence-electron chi connectivity index (χ1n) is 5.12. The quantitative estimate of drug-likeness (QED) is 0.821. The lowest BCUT2D eigenvalue weighted by atomic mass is 9.83. The van der Waals surface area contributed by atoms with Crippen LogP contribution in [0.5, 0.6) is 5.75 Å². The number of carboxylic acids is 1. The summed E-state index contributed by atoms with van der Waals surface area (Å²) in [5.74, 6) is -0.293. The predicted octanol–water partition coefficient (Wildman–Crippen LogP) is 3.17. The second-order valence-electron chi connectivity index (χ2n) is 4.06. The van der Waals surface area contributed by atoms with Crippen LogP contribution in [0.25, 0.3) is 0 Å². The van der Waals surface area contributed by atoms with Gasteiger partial charge in [-0.25, -0.2) is 0 Å². The lowest BCUT2D eigenvalue weighted by Crippen LogP contribution is -2.27. The van der Waals surface area contributed by atoms with Gasteiger partial charge in [0.1, 0.15) is 5.75 Å². The summed E-state index contributed by atoms with van der Waals surface area (Å²) in [7, 11) is 1.54. The second-order valence-corrected chi connectivity index (χ2v) is 4.50. The van der Waals surface area contributed by atoms with Crippen molar-refractivity contribution >= 4 is 17.6 Å². The Balaban J connectivity index is 3.13. The van der Waals surface area contributed by atoms with Gasteiger partial charge in [0.2, 0.25) is 0 Å². The van der Waals surface area contributed by atoms with Crippen molar-refractivity contribution in [1.82, 2.24) is 0 Å². The average molecular weight is 255 g/mol. The van der Waals surface area contributed by atoms with E-state index in [9.17, 15) is 9.90 Å². The zero-order chi connectivity index (χ0) is 13.1. The Morgan fingerprint density at radius 3 is 2.76 bits per heavy atom. The van der Waals surface area contributed by atoms with Gasteiger partial charge in [-0.1, -0.05) is 17.7 Å². The van der Waals surface area contributed by atoms with Gasteiger partial charge in [0.25, 0.3) is 0 Å². The molecule has 1 aromatic rings. The van der Waals surface area contributed by atoms with Crippen molar-refractivity contribution in [2.24, 2.45) is 5.41 Å². The molecule has 0 aliphatic carbocycles. The van der Waals surface area contributed by atoms with Crippen LogP contribution >= 0.6 is 11.6 Å². The maximum Gasteiger partial charge on any atom is 0.313 e. The summed E-state index contributed by atoms with van der Waals surface area (Å²) in [5, 5.41) is 9.74. The summed E-state index contributed by atoms with van der Waals surface area (Å²) in [4.78, 5) is 11.2. The maximum atomic E-state index is 11.2. The van der Waals surface area contributed by atoms with Crippen LogP contribution in [0.2, 0.25) is 5.02 Å². The van der Waals surface area contributed by atoms with Crippen molar-refractivity contribution in [1.29, 1.82) is 0 Å². The topological polar surface area (TPSA) is 46.5 Å². The number of benzene rings is 1. The summed E-state index contributed by atoms with van der Waals surface area (Å²) in [6, 6.07) is 5.14. The lowest BCUT2D eigenvalue weighted by molar-refractivity contribution is -0.145. The third-order valence-electron chi connectivity index (χ3n) is 2.74. The third-order valence-corrected chi connectivity index (χ3v) is 2.97. The van der Waals surface area contributed by atoms with Crippen molar-refractivity contribution in [3.63, 3.8) is 0 Å². The van der Waals surface area contributed by atoms with Crippen molar-refractivity contribution in [2.45, 2.75) is 13.3 Å². The van der Waals surface area contributed by atoms with E-state index in [4.69, 9.17) is 16.3 Å². The van der Waals surface area contributed by atoms with Crippen LogP contribution in [-0.4, -0.2) is 18.2 Å². The van der Waals surface area contributed by atoms with E-state index in [1.807, 2.05) is 0 Å². The highest BCUT2D eigenvalue weighted by Crippen LogP contribution is 2.31. The number of aliphatic carboxylic acids is 1. The zero-order valence-electron chi connectivity index (χ0n) is 9.87. The number of hydrogen-bond acceptors (Lipinski definition) is 2. The molecule has 0 aliphatic heterocycles. The first kappa shape index (κ1) is 13.6. The van der Waals surface area contributed by atoms with Gasteiger partial charge in [-0.3, -0.25) is 4.79 Å². The number of ether oxygens (including phenoxy) is 1. The minimum atomic E-state index is -1.03. The molecule has 1 N–H and O–H groups in total. The smallest absolute Gasteiger partial charge is 0.313 e. The molecule has 0 radical (unpaired) electrons. The lowest BCUT2D eigenvalue weighted by Gasteiger charge is -2.21.